The van der Waals surface area contributed by atoms with Gasteiger partial charge in [0, 0.05) is 6.04 Å². The van der Waals surface area contributed by atoms with Crippen LogP contribution in [0.5, 0.6) is 0 Å². The Bertz CT molecular complexity index is 392. The van der Waals surface area contributed by atoms with Crippen molar-refractivity contribution in [3.63, 3.8) is 0 Å². The maximum absolute atomic E-state index is 6.29. The van der Waals surface area contributed by atoms with Crippen molar-refractivity contribution in [1.82, 2.24) is 4.90 Å². The lowest BCUT2D eigenvalue weighted by atomic mass is 9.77. The molecule has 1 saturated heterocycles. The summed E-state index contributed by atoms with van der Waals surface area (Å²) in [6, 6.07) is 2.82. The van der Waals surface area contributed by atoms with Crippen molar-refractivity contribution in [3.8, 4) is 0 Å². The Morgan fingerprint density at radius 2 is 2.05 bits per heavy atom. The van der Waals surface area contributed by atoms with Crippen LogP contribution >= 0.6 is 11.3 Å². The summed E-state index contributed by atoms with van der Waals surface area (Å²) in [5, 5.41) is 4.43. The van der Waals surface area contributed by atoms with Gasteiger partial charge in [-0.2, -0.15) is 11.3 Å². The molecule has 0 spiro atoms. The molecule has 3 atom stereocenters. The second-order valence-corrected chi connectivity index (χ2v) is 8.17. The third-order valence-corrected chi connectivity index (χ3v) is 5.47. The molecule has 1 aromatic rings. The molecule has 0 saturated carbocycles. The van der Waals surface area contributed by atoms with Crippen molar-refractivity contribution in [1.29, 1.82) is 0 Å². The fourth-order valence-electron chi connectivity index (χ4n) is 3.55. The second-order valence-electron chi connectivity index (χ2n) is 7.39. The van der Waals surface area contributed by atoms with Crippen LogP contribution in [-0.4, -0.2) is 24.0 Å². The molecular formula is C17H30N2S. The van der Waals surface area contributed by atoms with E-state index in [4.69, 9.17) is 5.73 Å². The highest BCUT2D eigenvalue weighted by atomic mass is 32.1. The highest BCUT2D eigenvalue weighted by Gasteiger charge is 2.31. The quantitative estimate of drug-likeness (QED) is 0.901. The number of nitrogens with two attached hydrogens (primary N) is 1. The minimum Gasteiger partial charge on any atom is -0.326 e. The van der Waals surface area contributed by atoms with Crippen LogP contribution in [0, 0.1) is 11.3 Å². The van der Waals surface area contributed by atoms with Gasteiger partial charge in [0.25, 0.3) is 0 Å². The topological polar surface area (TPSA) is 29.3 Å². The van der Waals surface area contributed by atoms with Crippen LogP contribution in [0.15, 0.2) is 16.8 Å². The molecule has 20 heavy (non-hydrogen) atoms. The maximum Gasteiger partial charge on any atom is 0.0504 e. The summed E-state index contributed by atoms with van der Waals surface area (Å²) < 4.78 is 0. The van der Waals surface area contributed by atoms with Crippen molar-refractivity contribution in [2.75, 3.05) is 13.1 Å². The molecule has 0 aromatic carbocycles. The molecule has 1 fully saturated rings. The average molecular weight is 295 g/mol. The highest BCUT2D eigenvalue weighted by molar-refractivity contribution is 7.07. The molecular weight excluding hydrogens is 264 g/mol. The first-order chi connectivity index (χ1) is 9.39. The van der Waals surface area contributed by atoms with E-state index in [-0.39, 0.29) is 6.04 Å². The van der Waals surface area contributed by atoms with E-state index in [2.05, 4.69) is 49.4 Å². The Hall–Kier alpha value is -0.380. The van der Waals surface area contributed by atoms with E-state index < -0.39 is 0 Å². The maximum atomic E-state index is 6.29. The predicted octanol–water partition coefficient (Wildman–Crippen LogP) is 4.28. The molecule has 114 valence electrons. The lowest BCUT2D eigenvalue weighted by molar-refractivity contribution is 0.168. The largest absolute Gasteiger partial charge is 0.326 e. The zero-order valence-corrected chi connectivity index (χ0v) is 14.2. The average Bonchev–Trinajstić information content (AvgIpc) is 2.72. The van der Waals surface area contributed by atoms with E-state index in [1.54, 1.807) is 11.3 Å². The normalized spacial score (nSPS) is 25.1. The van der Waals surface area contributed by atoms with Crippen molar-refractivity contribution >= 4 is 11.3 Å². The van der Waals surface area contributed by atoms with Gasteiger partial charge in [0.05, 0.1) is 6.04 Å². The standard InChI is InChI=1S/C17H30N2S/c1-13(18)16(14-8-11-20-12-14)19-9-5-6-15(7-10-19)17(2,3)4/h8,11-13,15-16H,5-7,9-10,18H2,1-4H3. The summed E-state index contributed by atoms with van der Waals surface area (Å²) in [6.45, 7) is 11.7. The van der Waals surface area contributed by atoms with Gasteiger partial charge >= 0.3 is 0 Å². The van der Waals surface area contributed by atoms with E-state index in [1.165, 1.54) is 37.9 Å². The smallest absolute Gasteiger partial charge is 0.0504 e. The van der Waals surface area contributed by atoms with Crippen LogP contribution in [0.25, 0.3) is 0 Å². The number of nitrogens with zero attached hydrogens (tertiary/aromatic N) is 1. The molecule has 1 aliphatic heterocycles. The van der Waals surface area contributed by atoms with Gasteiger partial charge in [0.15, 0.2) is 0 Å². The summed E-state index contributed by atoms with van der Waals surface area (Å²) >= 11 is 1.78. The number of hydrogen-bond donors (Lipinski definition) is 1. The van der Waals surface area contributed by atoms with E-state index in [0.717, 1.165) is 5.92 Å². The van der Waals surface area contributed by atoms with Gasteiger partial charge in [-0.15, -0.1) is 0 Å². The van der Waals surface area contributed by atoms with E-state index in [1.807, 2.05) is 0 Å². The number of thiophene rings is 1. The minimum atomic E-state index is 0.191. The third-order valence-electron chi connectivity index (χ3n) is 4.76. The van der Waals surface area contributed by atoms with Crippen molar-refractivity contribution in [3.05, 3.63) is 22.4 Å². The summed E-state index contributed by atoms with van der Waals surface area (Å²) in [5.74, 6) is 0.837. The third kappa shape index (κ3) is 3.84. The summed E-state index contributed by atoms with van der Waals surface area (Å²) in [6.07, 6.45) is 3.96. The van der Waals surface area contributed by atoms with Gasteiger partial charge in [-0.25, -0.2) is 0 Å². The molecule has 2 N–H and O–H groups in total. The molecule has 0 bridgehead atoms. The van der Waals surface area contributed by atoms with Gasteiger partial charge < -0.3 is 5.73 Å². The van der Waals surface area contributed by atoms with Gasteiger partial charge in [0.1, 0.15) is 0 Å². The fraction of sp³-hybridized carbons (Fsp3) is 0.765. The molecule has 3 heteroatoms. The molecule has 0 amide bonds. The first-order valence-corrected chi connectivity index (χ1v) is 8.85. The van der Waals surface area contributed by atoms with Crippen LogP contribution in [-0.2, 0) is 0 Å². The molecule has 2 rings (SSSR count). The fourth-order valence-corrected chi connectivity index (χ4v) is 4.24. The first kappa shape index (κ1) is 16.0. The molecule has 0 aliphatic carbocycles. The Morgan fingerprint density at radius 1 is 1.30 bits per heavy atom. The Morgan fingerprint density at radius 3 is 2.60 bits per heavy atom. The zero-order valence-electron chi connectivity index (χ0n) is 13.4. The molecule has 1 aromatic heterocycles. The van der Waals surface area contributed by atoms with E-state index >= 15 is 0 Å². The summed E-state index contributed by atoms with van der Waals surface area (Å²) in [4.78, 5) is 2.62. The van der Waals surface area contributed by atoms with Gasteiger partial charge in [-0.3, -0.25) is 4.90 Å². The van der Waals surface area contributed by atoms with Gasteiger partial charge in [-0.1, -0.05) is 20.8 Å². The van der Waals surface area contributed by atoms with Crippen LogP contribution in [0.2, 0.25) is 0 Å². The number of rotatable bonds is 3. The molecule has 0 radical (unpaired) electrons. The van der Waals surface area contributed by atoms with Crippen LogP contribution in [0.1, 0.15) is 58.6 Å². The van der Waals surface area contributed by atoms with Gasteiger partial charge in [0.2, 0.25) is 0 Å². The lowest BCUT2D eigenvalue weighted by Gasteiger charge is -2.34. The zero-order chi connectivity index (χ0) is 14.8. The Balaban J connectivity index is 2.08. The summed E-state index contributed by atoms with van der Waals surface area (Å²) in [7, 11) is 0. The number of likely N-dealkylation sites (tertiary alicyclic amines) is 1. The molecule has 3 unspecified atom stereocenters. The van der Waals surface area contributed by atoms with Crippen molar-refractivity contribution in [2.45, 2.75) is 59.0 Å². The van der Waals surface area contributed by atoms with Crippen molar-refractivity contribution < 1.29 is 0 Å². The lowest BCUT2D eigenvalue weighted by Crippen LogP contribution is -2.40. The Kier molecular flexibility index (Phi) is 5.27. The van der Waals surface area contributed by atoms with E-state index in [9.17, 15) is 0 Å². The van der Waals surface area contributed by atoms with Gasteiger partial charge in [-0.05, 0) is 73.0 Å². The minimum absolute atomic E-state index is 0.191. The summed E-state index contributed by atoms with van der Waals surface area (Å²) in [5.41, 5.74) is 8.13. The molecule has 2 heterocycles. The molecule has 1 aliphatic rings. The van der Waals surface area contributed by atoms with Crippen LogP contribution in [0.3, 0.4) is 0 Å². The number of hydrogen-bond acceptors (Lipinski definition) is 3. The SMILES string of the molecule is CC(N)C(c1ccsc1)N1CCCC(C(C)(C)C)CC1. The Labute approximate surface area is 128 Å². The first-order valence-electron chi connectivity index (χ1n) is 7.91. The second kappa shape index (κ2) is 6.59. The van der Waals surface area contributed by atoms with Crippen LogP contribution in [0.4, 0.5) is 0 Å². The van der Waals surface area contributed by atoms with E-state index in [0.29, 0.717) is 11.5 Å². The van der Waals surface area contributed by atoms with Crippen LogP contribution < -0.4 is 5.73 Å². The highest BCUT2D eigenvalue weighted by Crippen LogP contribution is 2.36. The predicted molar refractivity (Wildman–Crippen MR) is 89.1 cm³/mol. The monoisotopic (exact) mass is 294 g/mol. The molecule has 2 nitrogen and oxygen atoms in total. The van der Waals surface area contributed by atoms with Crippen molar-refractivity contribution in [2.24, 2.45) is 17.1 Å².